The van der Waals surface area contributed by atoms with Crippen LogP contribution >= 0.6 is 39.1 Å². The Labute approximate surface area is 111 Å². The second-order valence-electron chi connectivity index (χ2n) is 3.20. The Morgan fingerprint density at radius 2 is 1.94 bits per heavy atom. The first-order chi connectivity index (χ1) is 7.61. The number of furan rings is 1. The number of aliphatic hydroxyl groups is 1. The molecule has 16 heavy (non-hydrogen) atoms. The lowest BCUT2D eigenvalue weighted by Gasteiger charge is -2.12. The molecule has 1 aromatic carbocycles. The van der Waals surface area contributed by atoms with Gasteiger partial charge in [-0.25, -0.2) is 0 Å². The maximum absolute atomic E-state index is 10.1. The third kappa shape index (κ3) is 2.13. The molecule has 1 N–H and O–H groups in total. The van der Waals surface area contributed by atoms with Gasteiger partial charge < -0.3 is 9.52 Å². The SMILES string of the molecule is OC(c1ccoc1Br)c1cccc(Cl)c1Cl. The largest absolute Gasteiger partial charge is 0.457 e. The molecule has 0 bridgehead atoms. The van der Waals surface area contributed by atoms with Crippen molar-refractivity contribution in [1.29, 1.82) is 0 Å². The van der Waals surface area contributed by atoms with Gasteiger partial charge in [0.1, 0.15) is 6.10 Å². The molecule has 0 amide bonds. The molecular formula is C11H7BrCl2O2. The van der Waals surface area contributed by atoms with Crippen LogP contribution in [0.15, 0.2) is 39.6 Å². The van der Waals surface area contributed by atoms with Gasteiger partial charge in [0.25, 0.3) is 0 Å². The van der Waals surface area contributed by atoms with E-state index in [1.165, 1.54) is 6.26 Å². The second kappa shape index (κ2) is 4.80. The Balaban J connectivity index is 2.46. The molecule has 1 heterocycles. The van der Waals surface area contributed by atoms with E-state index < -0.39 is 6.10 Å². The molecular weight excluding hydrogens is 315 g/mol. The first-order valence-corrected chi connectivity index (χ1v) is 6.01. The number of hydrogen-bond donors (Lipinski definition) is 1. The summed E-state index contributed by atoms with van der Waals surface area (Å²) in [5.41, 5.74) is 1.17. The summed E-state index contributed by atoms with van der Waals surface area (Å²) in [6, 6.07) is 6.80. The van der Waals surface area contributed by atoms with Crippen LogP contribution in [-0.4, -0.2) is 5.11 Å². The quantitative estimate of drug-likeness (QED) is 0.887. The Bertz CT molecular complexity index is 510. The standard InChI is InChI=1S/C11H7BrCl2O2/c12-11-7(4-5-16-11)10(15)6-2-1-3-8(13)9(6)14/h1-5,10,15H. The van der Waals surface area contributed by atoms with Crippen molar-refractivity contribution >= 4 is 39.1 Å². The molecule has 0 aliphatic rings. The number of aliphatic hydroxyl groups excluding tert-OH is 1. The average Bonchev–Trinajstić information content (AvgIpc) is 2.68. The smallest absolute Gasteiger partial charge is 0.175 e. The van der Waals surface area contributed by atoms with Crippen LogP contribution in [0.25, 0.3) is 0 Å². The topological polar surface area (TPSA) is 33.4 Å². The minimum absolute atomic E-state index is 0.352. The van der Waals surface area contributed by atoms with Gasteiger partial charge in [-0.2, -0.15) is 0 Å². The van der Waals surface area contributed by atoms with E-state index in [2.05, 4.69) is 15.9 Å². The minimum atomic E-state index is -0.862. The summed E-state index contributed by atoms with van der Waals surface area (Å²) in [7, 11) is 0. The Hall–Kier alpha value is -0.480. The van der Waals surface area contributed by atoms with Crippen molar-refractivity contribution < 1.29 is 9.52 Å². The fraction of sp³-hybridized carbons (Fsp3) is 0.0909. The summed E-state index contributed by atoms with van der Waals surface area (Å²) >= 11 is 15.1. The van der Waals surface area contributed by atoms with E-state index in [9.17, 15) is 5.11 Å². The molecule has 0 aliphatic heterocycles. The highest BCUT2D eigenvalue weighted by Gasteiger charge is 2.19. The van der Waals surface area contributed by atoms with Gasteiger partial charge in [0.2, 0.25) is 0 Å². The summed E-state index contributed by atoms with van der Waals surface area (Å²) in [5, 5.41) is 10.9. The van der Waals surface area contributed by atoms with Gasteiger partial charge in [-0.3, -0.25) is 0 Å². The van der Waals surface area contributed by atoms with Gasteiger partial charge in [-0.1, -0.05) is 35.3 Å². The molecule has 0 saturated carbocycles. The maximum Gasteiger partial charge on any atom is 0.175 e. The van der Waals surface area contributed by atoms with E-state index in [-0.39, 0.29) is 0 Å². The fourth-order valence-corrected chi connectivity index (χ4v) is 2.27. The van der Waals surface area contributed by atoms with Crippen LogP contribution in [0.2, 0.25) is 10.0 Å². The zero-order valence-electron chi connectivity index (χ0n) is 7.95. The Morgan fingerprint density at radius 1 is 1.19 bits per heavy atom. The summed E-state index contributed by atoms with van der Waals surface area (Å²) in [4.78, 5) is 0. The van der Waals surface area contributed by atoms with Gasteiger partial charge in [-0.05, 0) is 28.1 Å². The molecule has 0 radical (unpaired) electrons. The van der Waals surface area contributed by atoms with Crippen LogP contribution in [0, 0.1) is 0 Å². The lowest BCUT2D eigenvalue weighted by molar-refractivity contribution is 0.218. The lowest BCUT2D eigenvalue weighted by Crippen LogP contribution is -1.99. The molecule has 2 nitrogen and oxygen atoms in total. The molecule has 1 aromatic heterocycles. The third-order valence-corrected chi connectivity index (χ3v) is 3.69. The highest BCUT2D eigenvalue weighted by atomic mass is 79.9. The molecule has 1 atom stereocenters. The van der Waals surface area contributed by atoms with Crippen LogP contribution in [-0.2, 0) is 0 Å². The summed E-state index contributed by atoms with van der Waals surface area (Å²) in [5.74, 6) is 0. The van der Waals surface area contributed by atoms with E-state index in [1.54, 1.807) is 24.3 Å². The van der Waals surface area contributed by atoms with Gasteiger partial charge in [0.15, 0.2) is 4.67 Å². The number of hydrogen-bond acceptors (Lipinski definition) is 2. The Kier molecular flexibility index (Phi) is 3.60. The van der Waals surface area contributed by atoms with E-state index in [0.29, 0.717) is 25.8 Å². The number of halogens is 3. The van der Waals surface area contributed by atoms with Crippen molar-refractivity contribution in [2.24, 2.45) is 0 Å². The van der Waals surface area contributed by atoms with Crippen molar-refractivity contribution in [2.75, 3.05) is 0 Å². The summed E-state index contributed by atoms with van der Waals surface area (Å²) < 4.78 is 5.54. The summed E-state index contributed by atoms with van der Waals surface area (Å²) in [6.45, 7) is 0. The molecule has 2 rings (SSSR count). The van der Waals surface area contributed by atoms with Gasteiger partial charge in [-0.15, -0.1) is 0 Å². The van der Waals surface area contributed by atoms with E-state index in [1.807, 2.05) is 0 Å². The molecule has 0 aliphatic carbocycles. The molecule has 84 valence electrons. The normalized spacial score (nSPS) is 12.8. The van der Waals surface area contributed by atoms with Crippen LogP contribution in [0.3, 0.4) is 0 Å². The number of rotatable bonds is 2. The van der Waals surface area contributed by atoms with Crippen molar-refractivity contribution in [3.05, 3.63) is 56.4 Å². The van der Waals surface area contributed by atoms with Crippen LogP contribution in [0.1, 0.15) is 17.2 Å². The fourth-order valence-electron chi connectivity index (χ4n) is 1.40. The van der Waals surface area contributed by atoms with Gasteiger partial charge in [0, 0.05) is 11.1 Å². The highest BCUT2D eigenvalue weighted by Crippen LogP contribution is 2.35. The lowest BCUT2D eigenvalue weighted by atomic mass is 10.0. The molecule has 0 fully saturated rings. The van der Waals surface area contributed by atoms with Crippen LogP contribution in [0.5, 0.6) is 0 Å². The summed E-state index contributed by atoms with van der Waals surface area (Å²) in [6.07, 6.45) is 0.625. The van der Waals surface area contributed by atoms with E-state index in [4.69, 9.17) is 27.6 Å². The zero-order chi connectivity index (χ0) is 11.7. The average molecular weight is 322 g/mol. The Morgan fingerprint density at radius 3 is 2.56 bits per heavy atom. The van der Waals surface area contributed by atoms with Crippen molar-refractivity contribution in [3.8, 4) is 0 Å². The number of benzene rings is 1. The molecule has 1 unspecified atom stereocenters. The predicted molar refractivity (Wildman–Crippen MR) is 66.9 cm³/mol. The molecule has 0 spiro atoms. The van der Waals surface area contributed by atoms with Gasteiger partial charge in [0.05, 0.1) is 16.3 Å². The molecule has 2 aromatic rings. The zero-order valence-corrected chi connectivity index (χ0v) is 11.1. The first-order valence-electron chi connectivity index (χ1n) is 4.46. The van der Waals surface area contributed by atoms with Crippen LogP contribution in [0.4, 0.5) is 0 Å². The molecule has 5 heteroatoms. The van der Waals surface area contributed by atoms with Crippen LogP contribution < -0.4 is 0 Å². The third-order valence-electron chi connectivity index (χ3n) is 2.22. The predicted octanol–water partition coefficient (Wildman–Crippen LogP) is 4.43. The monoisotopic (exact) mass is 320 g/mol. The second-order valence-corrected chi connectivity index (χ2v) is 4.70. The maximum atomic E-state index is 10.1. The van der Waals surface area contributed by atoms with Crippen molar-refractivity contribution in [2.45, 2.75) is 6.10 Å². The van der Waals surface area contributed by atoms with Crippen molar-refractivity contribution in [1.82, 2.24) is 0 Å². The first kappa shape index (κ1) is 12.0. The highest BCUT2D eigenvalue weighted by molar-refractivity contribution is 9.10. The molecule has 0 saturated heterocycles. The van der Waals surface area contributed by atoms with E-state index >= 15 is 0 Å². The van der Waals surface area contributed by atoms with E-state index in [0.717, 1.165) is 0 Å². The van der Waals surface area contributed by atoms with Crippen molar-refractivity contribution in [3.63, 3.8) is 0 Å². The van der Waals surface area contributed by atoms with Gasteiger partial charge >= 0.3 is 0 Å². The minimum Gasteiger partial charge on any atom is -0.457 e.